The van der Waals surface area contributed by atoms with E-state index in [0.29, 0.717) is 11.6 Å². The Balaban J connectivity index is 1.90. The van der Waals surface area contributed by atoms with Gasteiger partial charge in [-0.1, -0.05) is 18.2 Å². The Kier molecular flexibility index (Phi) is 3.34. The molecule has 5 heteroatoms. The molecule has 1 aliphatic carbocycles. The molecule has 0 aliphatic heterocycles. The number of amides is 1. The lowest BCUT2D eigenvalue weighted by Crippen LogP contribution is -2.50. The summed E-state index contributed by atoms with van der Waals surface area (Å²) in [4.78, 5) is 15.6. The summed E-state index contributed by atoms with van der Waals surface area (Å²) in [6.07, 6.45) is 2.12. The third-order valence-electron chi connectivity index (χ3n) is 4.08. The first-order valence-electron chi connectivity index (χ1n) is 6.75. The molecule has 4 nitrogen and oxygen atoms in total. The number of aromatic amines is 1. The maximum Gasteiger partial charge on any atom is 0.269 e. The van der Waals surface area contributed by atoms with Crippen molar-refractivity contribution in [2.75, 3.05) is 6.61 Å². The number of hydrogen-bond acceptors (Lipinski definition) is 2. The fourth-order valence-corrected chi connectivity index (χ4v) is 3.20. The molecule has 1 aromatic heterocycles. The number of rotatable bonds is 4. The van der Waals surface area contributed by atoms with Crippen LogP contribution >= 0.6 is 15.9 Å². The summed E-state index contributed by atoms with van der Waals surface area (Å²) in [6.45, 7) is 1.86. The second-order valence-corrected chi connectivity index (χ2v) is 6.46. The Morgan fingerprint density at radius 3 is 2.80 bits per heavy atom. The van der Waals surface area contributed by atoms with Gasteiger partial charge in [-0.15, -0.1) is 0 Å². The lowest BCUT2D eigenvalue weighted by atomic mass is 9.97. The molecule has 0 bridgehead atoms. The summed E-state index contributed by atoms with van der Waals surface area (Å²) in [5, 5.41) is 13.5. The van der Waals surface area contributed by atoms with Crippen molar-refractivity contribution in [3.63, 3.8) is 0 Å². The average molecular weight is 337 g/mol. The summed E-state index contributed by atoms with van der Waals surface area (Å²) < 4.78 is 0.765. The van der Waals surface area contributed by atoms with E-state index in [2.05, 4.69) is 26.2 Å². The summed E-state index contributed by atoms with van der Waals surface area (Å²) in [6, 6.07) is 7.75. The molecule has 1 fully saturated rings. The highest BCUT2D eigenvalue weighted by Gasteiger charge is 2.42. The zero-order valence-electron chi connectivity index (χ0n) is 11.2. The molecule has 0 spiro atoms. The van der Waals surface area contributed by atoms with E-state index in [0.717, 1.165) is 28.2 Å². The molecule has 1 unspecified atom stereocenters. The van der Waals surface area contributed by atoms with Crippen LogP contribution in [-0.4, -0.2) is 28.1 Å². The number of fused-ring (bicyclic) bond motifs is 1. The number of carbonyl (C=O) groups excluding carboxylic acids is 1. The minimum absolute atomic E-state index is 0.0404. The summed E-state index contributed by atoms with van der Waals surface area (Å²) >= 11 is 3.48. The Hall–Kier alpha value is -1.33. The molecule has 0 radical (unpaired) electrons. The van der Waals surface area contributed by atoms with Crippen LogP contribution in [0.3, 0.4) is 0 Å². The largest absolute Gasteiger partial charge is 0.394 e. The Morgan fingerprint density at radius 2 is 2.20 bits per heavy atom. The molecule has 3 rings (SSSR count). The quantitative estimate of drug-likeness (QED) is 0.803. The third kappa shape index (κ3) is 2.25. The van der Waals surface area contributed by atoms with Gasteiger partial charge in [0.15, 0.2) is 0 Å². The van der Waals surface area contributed by atoms with E-state index in [1.165, 1.54) is 0 Å². The smallest absolute Gasteiger partial charge is 0.269 e. The van der Waals surface area contributed by atoms with Crippen molar-refractivity contribution in [3.8, 4) is 0 Å². The highest BCUT2D eigenvalue weighted by atomic mass is 79.9. The first kappa shape index (κ1) is 13.6. The van der Waals surface area contributed by atoms with Crippen LogP contribution in [0, 0.1) is 5.92 Å². The van der Waals surface area contributed by atoms with Gasteiger partial charge >= 0.3 is 0 Å². The van der Waals surface area contributed by atoms with Crippen LogP contribution in [0.2, 0.25) is 0 Å². The predicted octanol–water partition coefficient (Wildman–Crippen LogP) is 2.82. The molecular weight excluding hydrogens is 320 g/mol. The zero-order valence-corrected chi connectivity index (χ0v) is 12.8. The molecule has 3 N–H and O–H groups in total. The van der Waals surface area contributed by atoms with Crippen molar-refractivity contribution in [2.45, 2.75) is 25.3 Å². The van der Waals surface area contributed by atoms with E-state index in [1.807, 2.05) is 31.2 Å². The number of carbonyl (C=O) groups is 1. The fraction of sp³-hybridized carbons (Fsp3) is 0.400. The number of benzene rings is 1. The number of H-pyrrole nitrogens is 1. The van der Waals surface area contributed by atoms with Gasteiger partial charge in [-0.25, -0.2) is 0 Å². The Morgan fingerprint density at radius 1 is 1.50 bits per heavy atom. The van der Waals surface area contributed by atoms with E-state index in [9.17, 15) is 9.90 Å². The van der Waals surface area contributed by atoms with Crippen molar-refractivity contribution in [1.82, 2.24) is 10.3 Å². The molecule has 1 atom stereocenters. The predicted molar refractivity (Wildman–Crippen MR) is 81.7 cm³/mol. The van der Waals surface area contributed by atoms with Crippen molar-refractivity contribution in [1.29, 1.82) is 0 Å². The molecular formula is C15H17BrN2O2. The number of para-hydroxylation sites is 1. The molecule has 0 saturated heterocycles. The minimum atomic E-state index is -0.534. The van der Waals surface area contributed by atoms with Gasteiger partial charge in [0.1, 0.15) is 5.69 Å². The van der Waals surface area contributed by atoms with Crippen molar-refractivity contribution in [3.05, 3.63) is 34.4 Å². The van der Waals surface area contributed by atoms with Crippen LogP contribution in [0.25, 0.3) is 10.9 Å². The molecule has 1 heterocycles. The standard InChI is InChI=1S/C15H17BrN2O2/c1-15(8-19,9-6-7-9)18-14(20)13-12(16)10-4-2-3-5-11(10)17-13/h2-5,9,17,19H,6-8H2,1H3,(H,18,20). The molecule has 1 aliphatic rings. The molecule has 1 aromatic carbocycles. The summed E-state index contributed by atoms with van der Waals surface area (Å²) in [5.74, 6) is 0.191. The third-order valence-corrected chi connectivity index (χ3v) is 4.90. The van der Waals surface area contributed by atoms with E-state index in [4.69, 9.17) is 0 Å². The van der Waals surface area contributed by atoms with E-state index in [-0.39, 0.29) is 12.5 Å². The van der Waals surface area contributed by atoms with Gasteiger partial charge < -0.3 is 15.4 Å². The molecule has 1 saturated carbocycles. The Bertz CT molecular complexity index is 663. The first-order valence-corrected chi connectivity index (χ1v) is 7.54. The molecule has 2 aromatic rings. The van der Waals surface area contributed by atoms with Crippen LogP contribution in [0.15, 0.2) is 28.7 Å². The van der Waals surface area contributed by atoms with Crippen LogP contribution in [-0.2, 0) is 0 Å². The second-order valence-electron chi connectivity index (χ2n) is 5.66. The number of halogens is 1. The van der Waals surface area contributed by atoms with Gasteiger partial charge in [0.2, 0.25) is 0 Å². The lowest BCUT2D eigenvalue weighted by Gasteiger charge is -2.28. The van der Waals surface area contributed by atoms with Crippen LogP contribution in [0.5, 0.6) is 0 Å². The van der Waals surface area contributed by atoms with Gasteiger partial charge in [0, 0.05) is 10.9 Å². The van der Waals surface area contributed by atoms with E-state index in [1.54, 1.807) is 0 Å². The van der Waals surface area contributed by atoms with Crippen LogP contribution in [0.4, 0.5) is 0 Å². The zero-order chi connectivity index (χ0) is 14.3. The Labute approximate surface area is 125 Å². The highest BCUT2D eigenvalue weighted by molar-refractivity contribution is 9.10. The molecule has 1 amide bonds. The highest BCUT2D eigenvalue weighted by Crippen LogP contribution is 2.39. The van der Waals surface area contributed by atoms with Crippen LogP contribution in [0.1, 0.15) is 30.3 Å². The van der Waals surface area contributed by atoms with Gasteiger partial charge in [-0.05, 0) is 47.7 Å². The van der Waals surface area contributed by atoms with E-state index >= 15 is 0 Å². The lowest BCUT2D eigenvalue weighted by molar-refractivity contribution is 0.0819. The van der Waals surface area contributed by atoms with Crippen LogP contribution < -0.4 is 5.32 Å². The van der Waals surface area contributed by atoms with Gasteiger partial charge in [-0.3, -0.25) is 4.79 Å². The van der Waals surface area contributed by atoms with Gasteiger partial charge in [0.25, 0.3) is 5.91 Å². The monoisotopic (exact) mass is 336 g/mol. The number of nitrogens with one attached hydrogen (secondary N) is 2. The summed E-state index contributed by atoms with van der Waals surface area (Å²) in [7, 11) is 0. The SMILES string of the molecule is CC(CO)(NC(=O)c1[nH]c2ccccc2c1Br)C1CC1. The second kappa shape index (κ2) is 4.90. The van der Waals surface area contributed by atoms with Crippen molar-refractivity contribution in [2.24, 2.45) is 5.92 Å². The molecule has 20 heavy (non-hydrogen) atoms. The first-order chi connectivity index (χ1) is 9.55. The van der Waals surface area contributed by atoms with Gasteiger partial charge in [-0.2, -0.15) is 0 Å². The normalized spacial score (nSPS) is 17.9. The number of hydrogen-bond donors (Lipinski definition) is 3. The van der Waals surface area contributed by atoms with E-state index < -0.39 is 5.54 Å². The number of aromatic nitrogens is 1. The number of aliphatic hydroxyl groups is 1. The molecule has 106 valence electrons. The minimum Gasteiger partial charge on any atom is -0.394 e. The average Bonchev–Trinajstić information content (AvgIpc) is 3.25. The van der Waals surface area contributed by atoms with Crippen molar-refractivity contribution >= 4 is 32.7 Å². The number of aliphatic hydroxyl groups excluding tert-OH is 1. The maximum atomic E-state index is 12.5. The summed E-state index contributed by atoms with van der Waals surface area (Å²) in [5.41, 5.74) is 0.890. The topological polar surface area (TPSA) is 65.1 Å². The van der Waals surface area contributed by atoms with Crippen molar-refractivity contribution < 1.29 is 9.90 Å². The fourth-order valence-electron chi connectivity index (χ4n) is 2.58. The maximum absolute atomic E-state index is 12.5. The van der Waals surface area contributed by atoms with Gasteiger partial charge in [0.05, 0.1) is 16.6 Å².